The highest BCUT2D eigenvalue weighted by Crippen LogP contribution is 2.15. The van der Waals surface area contributed by atoms with Gasteiger partial charge in [-0.2, -0.15) is 23.1 Å². The summed E-state index contributed by atoms with van der Waals surface area (Å²) in [6, 6.07) is 8.85. The number of carbonyl (C=O) groups is 2. The second-order valence-electron chi connectivity index (χ2n) is 6.64. The van der Waals surface area contributed by atoms with Crippen LogP contribution in [0.5, 0.6) is 0 Å². The molecule has 2 aromatic rings. The smallest absolute Gasteiger partial charge is 0.412 e. The summed E-state index contributed by atoms with van der Waals surface area (Å²) in [6.07, 6.45) is -0.516. The first-order valence-corrected chi connectivity index (χ1v) is 10.4. The highest BCUT2D eigenvalue weighted by Gasteiger charge is 2.16. The number of ether oxygens (including phenoxy) is 1. The van der Waals surface area contributed by atoms with Crippen LogP contribution in [0.1, 0.15) is 36.7 Å². The van der Waals surface area contributed by atoms with Gasteiger partial charge in [-0.05, 0) is 67.4 Å². The van der Waals surface area contributed by atoms with Crippen LogP contribution in [0.2, 0.25) is 0 Å². The fourth-order valence-corrected chi connectivity index (χ4v) is 3.61. The lowest BCUT2D eigenvalue weighted by Gasteiger charge is -2.19. The second kappa shape index (κ2) is 9.64. The van der Waals surface area contributed by atoms with Crippen LogP contribution in [0.4, 0.5) is 10.5 Å². The first-order valence-electron chi connectivity index (χ1n) is 8.30. The van der Waals surface area contributed by atoms with Crippen molar-refractivity contribution in [3.8, 4) is 0 Å². The number of amides is 2. The van der Waals surface area contributed by atoms with Crippen LogP contribution in [-0.2, 0) is 10.5 Å². The third-order valence-corrected chi connectivity index (χ3v) is 4.94. The van der Waals surface area contributed by atoms with Crippen molar-refractivity contribution >= 4 is 40.8 Å². The molecule has 1 heterocycles. The summed E-state index contributed by atoms with van der Waals surface area (Å²) in [5.41, 5.74) is 1.91. The van der Waals surface area contributed by atoms with Gasteiger partial charge in [-0.3, -0.25) is 10.1 Å². The Morgan fingerprint density at radius 3 is 2.50 bits per heavy atom. The summed E-state index contributed by atoms with van der Waals surface area (Å²) in [5, 5.41) is 9.75. The third-order valence-electron chi connectivity index (χ3n) is 3.17. The number of nitrogens with one attached hydrogen (secondary N) is 2. The van der Waals surface area contributed by atoms with Gasteiger partial charge >= 0.3 is 6.09 Å². The van der Waals surface area contributed by atoms with Gasteiger partial charge in [0.2, 0.25) is 0 Å². The van der Waals surface area contributed by atoms with Gasteiger partial charge in [0.25, 0.3) is 5.91 Å². The molecule has 1 aromatic heterocycles. The van der Waals surface area contributed by atoms with Gasteiger partial charge in [-0.25, -0.2) is 4.79 Å². The molecule has 140 valence electrons. The summed E-state index contributed by atoms with van der Waals surface area (Å²) >= 11 is 3.49. The Labute approximate surface area is 162 Å². The highest BCUT2D eigenvalue weighted by atomic mass is 32.2. The van der Waals surface area contributed by atoms with Gasteiger partial charge in [0.05, 0.1) is 0 Å². The highest BCUT2D eigenvalue weighted by molar-refractivity contribution is 7.98. The van der Waals surface area contributed by atoms with Crippen LogP contribution in [0, 0.1) is 0 Å². The normalized spacial score (nSPS) is 11.0. The number of rotatable bonds is 7. The van der Waals surface area contributed by atoms with Crippen molar-refractivity contribution < 1.29 is 14.3 Å². The minimum absolute atomic E-state index is 0.120. The van der Waals surface area contributed by atoms with Crippen molar-refractivity contribution in [3.05, 3.63) is 52.2 Å². The lowest BCUT2D eigenvalue weighted by Crippen LogP contribution is -2.27. The van der Waals surface area contributed by atoms with E-state index in [-0.39, 0.29) is 5.91 Å². The molecule has 0 bridgehead atoms. The van der Waals surface area contributed by atoms with E-state index in [0.29, 0.717) is 17.8 Å². The van der Waals surface area contributed by atoms with Crippen LogP contribution in [-0.4, -0.2) is 29.9 Å². The first kappa shape index (κ1) is 20.3. The van der Waals surface area contributed by atoms with Crippen molar-refractivity contribution in [2.75, 3.05) is 17.6 Å². The van der Waals surface area contributed by atoms with Crippen molar-refractivity contribution in [2.45, 2.75) is 32.1 Å². The fraction of sp³-hybridized carbons (Fsp3) is 0.368. The van der Waals surface area contributed by atoms with Crippen LogP contribution >= 0.6 is 23.1 Å². The monoisotopic (exact) mass is 392 g/mol. The van der Waals surface area contributed by atoms with Gasteiger partial charge in [-0.1, -0.05) is 0 Å². The minimum Gasteiger partial charge on any atom is -0.444 e. The zero-order valence-corrected chi connectivity index (χ0v) is 16.8. The summed E-state index contributed by atoms with van der Waals surface area (Å²) in [4.78, 5) is 23.8. The molecule has 0 saturated heterocycles. The molecule has 5 nitrogen and oxygen atoms in total. The van der Waals surface area contributed by atoms with E-state index in [1.807, 2.05) is 0 Å². The lowest BCUT2D eigenvalue weighted by atomic mass is 10.2. The number of thiophene rings is 1. The number of benzene rings is 1. The van der Waals surface area contributed by atoms with Crippen molar-refractivity contribution in [3.63, 3.8) is 0 Å². The maximum atomic E-state index is 12.1. The predicted octanol–water partition coefficient (Wildman–Crippen LogP) is 4.76. The zero-order valence-electron chi connectivity index (χ0n) is 15.2. The zero-order chi connectivity index (χ0) is 19.0. The number of thioether (sulfide) groups is 1. The third kappa shape index (κ3) is 7.49. The summed E-state index contributed by atoms with van der Waals surface area (Å²) < 4.78 is 5.19. The van der Waals surface area contributed by atoms with Gasteiger partial charge in [0.1, 0.15) is 5.60 Å². The van der Waals surface area contributed by atoms with E-state index < -0.39 is 11.7 Å². The minimum atomic E-state index is -0.550. The Kier molecular flexibility index (Phi) is 7.53. The Bertz CT molecular complexity index is 707. The number of hydrogen-bond acceptors (Lipinski definition) is 5. The molecule has 0 radical (unpaired) electrons. The second-order valence-corrected chi connectivity index (χ2v) is 8.53. The van der Waals surface area contributed by atoms with Crippen molar-refractivity contribution in [2.24, 2.45) is 0 Å². The van der Waals surface area contributed by atoms with E-state index in [1.165, 1.54) is 5.56 Å². The number of hydrogen-bond donors (Lipinski definition) is 2. The molecule has 1 aromatic carbocycles. The molecule has 0 fully saturated rings. The SMILES string of the molecule is CC(C)(C)OC(=O)Nc1ccc(C(=O)NCCSCc2ccsc2)cc1. The maximum Gasteiger partial charge on any atom is 0.412 e. The van der Waals surface area contributed by atoms with Gasteiger partial charge < -0.3 is 10.1 Å². The Balaban J connectivity index is 1.71. The van der Waals surface area contributed by atoms with Crippen LogP contribution < -0.4 is 10.6 Å². The van der Waals surface area contributed by atoms with Crippen LogP contribution in [0.15, 0.2) is 41.1 Å². The molecule has 0 aliphatic rings. The van der Waals surface area contributed by atoms with Gasteiger partial charge in [0, 0.05) is 29.3 Å². The summed E-state index contributed by atoms with van der Waals surface area (Å²) in [7, 11) is 0. The average molecular weight is 393 g/mol. The molecule has 0 unspecified atom stereocenters. The number of carbonyl (C=O) groups excluding carboxylic acids is 2. The molecule has 0 spiro atoms. The standard InChI is InChI=1S/C19H24N2O3S2/c1-19(2,3)24-18(23)21-16-6-4-15(5-7-16)17(22)20-9-11-26-13-14-8-10-25-12-14/h4-8,10,12H,9,11,13H2,1-3H3,(H,20,22)(H,21,23). The van der Waals surface area contributed by atoms with Gasteiger partial charge in [0.15, 0.2) is 0 Å². The fourth-order valence-electron chi connectivity index (χ4n) is 2.03. The lowest BCUT2D eigenvalue weighted by molar-refractivity contribution is 0.0635. The van der Waals surface area contributed by atoms with E-state index in [1.54, 1.807) is 68.1 Å². The molecule has 0 saturated carbocycles. The van der Waals surface area contributed by atoms with E-state index >= 15 is 0 Å². The van der Waals surface area contributed by atoms with Crippen LogP contribution in [0.25, 0.3) is 0 Å². The molecule has 2 N–H and O–H groups in total. The molecule has 0 atom stereocenters. The topological polar surface area (TPSA) is 67.4 Å². The quantitative estimate of drug-likeness (QED) is 0.667. The molecule has 2 amide bonds. The summed E-state index contributed by atoms with van der Waals surface area (Å²) in [6.45, 7) is 6.03. The molecule has 0 aliphatic carbocycles. The molecule has 0 aliphatic heterocycles. The molecule has 7 heteroatoms. The van der Waals surface area contributed by atoms with E-state index in [2.05, 4.69) is 27.5 Å². The Morgan fingerprint density at radius 2 is 1.88 bits per heavy atom. The van der Waals surface area contributed by atoms with Crippen molar-refractivity contribution in [1.29, 1.82) is 0 Å². The summed E-state index contributed by atoms with van der Waals surface area (Å²) in [5.74, 6) is 1.70. The van der Waals surface area contributed by atoms with E-state index in [4.69, 9.17) is 4.74 Å². The molecular weight excluding hydrogens is 368 g/mol. The Hall–Kier alpha value is -1.99. The Morgan fingerprint density at radius 1 is 1.15 bits per heavy atom. The van der Waals surface area contributed by atoms with E-state index in [9.17, 15) is 9.59 Å². The van der Waals surface area contributed by atoms with Crippen molar-refractivity contribution in [1.82, 2.24) is 5.32 Å². The first-order chi connectivity index (χ1) is 12.3. The predicted molar refractivity (Wildman–Crippen MR) is 109 cm³/mol. The maximum absolute atomic E-state index is 12.1. The van der Waals surface area contributed by atoms with Gasteiger partial charge in [-0.15, -0.1) is 0 Å². The van der Waals surface area contributed by atoms with Crippen LogP contribution in [0.3, 0.4) is 0 Å². The molecular formula is C19H24N2O3S2. The molecule has 26 heavy (non-hydrogen) atoms. The average Bonchev–Trinajstić information content (AvgIpc) is 3.06. The number of anilines is 1. The molecule has 2 rings (SSSR count). The largest absolute Gasteiger partial charge is 0.444 e. The van der Waals surface area contributed by atoms with E-state index in [0.717, 1.165) is 11.5 Å².